The fourth-order valence-corrected chi connectivity index (χ4v) is 2.61. The normalized spacial score (nSPS) is 11.2. The molecule has 116 valence electrons. The van der Waals surface area contributed by atoms with E-state index < -0.39 is 9.84 Å². The predicted octanol–water partition coefficient (Wildman–Crippen LogP) is 3.66. The highest BCUT2D eigenvalue weighted by molar-refractivity contribution is 7.90. The molecule has 0 bridgehead atoms. The fourth-order valence-electron chi connectivity index (χ4n) is 1.69. The molecule has 0 spiro atoms. The van der Waals surface area contributed by atoms with Crippen molar-refractivity contribution in [3.63, 3.8) is 0 Å². The number of hydrogen-bond donors (Lipinski definition) is 0. The van der Waals surface area contributed by atoms with Crippen molar-refractivity contribution in [2.45, 2.75) is 4.90 Å². The molecule has 0 N–H and O–H groups in total. The maximum absolute atomic E-state index is 12.0. The molecule has 0 saturated carbocycles. The molecule has 7 heteroatoms. The first-order chi connectivity index (χ1) is 10.3. The van der Waals surface area contributed by atoms with E-state index >= 15 is 0 Å². The van der Waals surface area contributed by atoms with Crippen LogP contribution in [0, 0.1) is 0 Å². The van der Waals surface area contributed by atoms with E-state index in [0.717, 1.165) is 6.26 Å². The SMILES string of the molecule is CS(=O)(=O)c1ccc(C(=O)COc2ccc(Cl)c(Cl)c2)cc1. The van der Waals surface area contributed by atoms with Gasteiger partial charge in [-0.3, -0.25) is 4.79 Å². The summed E-state index contributed by atoms with van der Waals surface area (Å²) in [4.78, 5) is 12.2. The van der Waals surface area contributed by atoms with Gasteiger partial charge >= 0.3 is 0 Å². The summed E-state index contributed by atoms with van der Waals surface area (Å²) in [5, 5.41) is 0.737. The van der Waals surface area contributed by atoms with E-state index in [-0.39, 0.29) is 17.3 Å². The lowest BCUT2D eigenvalue weighted by Crippen LogP contribution is -2.11. The lowest BCUT2D eigenvalue weighted by Gasteiger charge is -2.07. The van der Waals surface area contributed by atoms with Gasteiger partial charge in [-0.05, 0) is 36.4 Å². The molecule has 2 rings (SSSR count). The third-order valence-corrected chi connectivity index (χ3v) is 4.73. The third kappa shape index (κ3) is 4.22. The summed E-state index contributed by atoms with van der Waals surface area (Å²) in [6.45, 7) is -0.184. The van der Waals surface area contributed by atoms with Gasteiger partial charge in [0.05, 0.1) is 14.9 Å². The quantitative estimate of drug-likeness (QED) is 0.765. The van der Waals surface area contributed by atoms with Crippen molar-refractivity contribution in [2.24, 2.45) is 0 Å². The van der Waals surface area contributed by atoms with Gasteiger partial charge in [0, 0.05) is 17.9 Å². The van der Waals surface area contributed by atoms with E-state index in [1.54, 1.807) is 12.1 Å². The highest BCUT2D eigenvalue weighted by Crippen LogP contribution is 2.26. The molecule has 0 fully saturated rings. The number of ether oxygens (including phenoxy) is 1. The second kappa shape index (κ2) is 6.69. The zero-order valence-corrected chi connectivity index (χ0v) is 13.9. The van der Waals surface area contributed by atoms with E-state index in [0.29, 0.717) is 21.4 Å². The Morgan fingerprint density at radius 3 is 2.23 bits per heavy atom. The number of benzene rings is 2. The first-order valence-electron chi connectivity index (χ1n) is 6.18. The van der Waals surface area contributed by atoms with Crippen LogP contribution in [-0.4, -0.2) is 27.1 Å². The Balaban J connectivity index is 2.04. The summed E-state index contributed by atoms with van der Waals surface area (Å²) in [6.07, 6.45) is 1.11. The molecular formula is C15H12Cl2O4S. The van der Waals surface area contributed by atoms with Gasteiger partial charge in [0.2, 0.25) is 0 Å². The van der Waals surface area contributed by atoms with Crippen molar-refractivity contribution in [1.29, 1.82) is 0 Å². The van der Waals surface area contributed by atoms with E-state index in [1.165, 1.54) is 30.3 Å². The molecule has 0 radical (unpaired) electrons. The zero-order chi connectivity index (χ0) is 16.3. The van der Waals surface area contributed by atoms with Crippen molar-refractivity contribution in [3.8, 4) is 5.75 Å². The van der Waals surface area contributed by atoms with Crippen LogP contribution in [0.3, 0.4) is 0 Å². The Bertz CT molecular complexity index is 799. The number of sulfone groups is 1. The molecule has 2 aromatic rings. The summed E-state index contributed by atoms with van der Waals surface area (Å²) in [5.41, 5.74) is 0.368. The van der Waals surface area contributed by atoms with E-state index in [9.17, 15) is 13.2 Å². The maximum atomic E-state index is 12.0. The number of Topliss-reactive ketones (excluding diaryl/α,β-unsaturated/α-hetero) is 1. The molecule has 0 aliphatic rings. The monoisotopic (exact) mass is 358 g/mol. The summed E-state index contributed by atoms with van der Waals surface area (Å²) in [6, 6.07) is 10.4. The van der Waals surface area contributed by atoms with Gasteiger partial charge in [-0.2, -0.15) is 0 Å². The molecule has 22 heavy (non-hydrogen) atoms. The number of carbonyl (C=O) groups is 1. The van der Waals surface area contributed by atoms with Gasteiger partial charge in [0.1, 0.15) is 5.75 Å². The minimum Gasteiger partial charge on any atom is -0.485 e. The van der Waals surface area contributed by atoms with Crippen molar-refractivity contribution in [2.75, 3.05) is 12.9 Å². The van der Waals surface area contributed by atoms with Gasteiger partial charge in [-0.25, -0.2) is 8.42 Å². The number of hydrogen-bond acceptors (Lipinski definition) is 4. The standard InChI is InChI=1S/C15H12Cl2O4S/c1-22(19,20)12-5-2-10(3-6-12)15(18)9-21-11-4-7-13(16)14(17)8-11/h2-8H,9H2,1H3. The van der Waals surface area contributed by atoms with Crippen LogP contribution in [0.15, 0.2) is 47.4 Å². The molecule has 4 nitrogen and oxygen atoms in total. The fraction of sp³-hybridized carbons (Fsp3) is 0.133. The van der Waals surface area contributed by atoms with Crippen LogP contribution in [0.2, 0.25) is 10.0 Å². The minimum absolute atomic E-state index is 0.162. The Morgan fingerprint density at radius 2 is 1.68 bits per heavy atom. The molecule has 0 aliphatic heterocycles. The number of rotatable bonds is 5. The lowest BCUT2D eigenvalue weighted by atomic mass is 10.1. The molecule has 0 aromatic heterocycles. The molecule has 0 saturated heterocycles. The summed E-state index contributed by atoms with van der Waals surface area (Å²) < 4.78 is 28.0. The van der Waals surface area contributed by atoms with E-state index in [1.807, 2.05) is 0 Å². The molecule has 0 amide bonds. The average Bonchev–Trinajstić information content (AvgIpc) is 2.47. The van der Waals surface area contributed by atoms with Crippen molar-refractivity contribution >= 4 is 38.8 Å². The van der Waals surface area contributed by atoms with Crippen molar-refractivity contribution in [3.05, 3.63) is 58.1 Å². The van der Waals surface area contributed by atoms with Crippen LogP contribution >= 0.6 is 23.2 Å². The Morgan fingerprint density at radius 1 is 1.05 bits per heavy atom. The lowest BCUT2D eigenvalue weighted by molar-refractivity contribution is 0.0921. The van der Waals surface area contributed by atoms with E-state index in [2.05, 4.69) is 0 Å². The average molecular weight is 359 g/mol. The van der Waals surface area contributed by atoms with Gasteiger partial charge in [-0.15, -0.1) is 0 Å². The van der Waals surface area contributed by atoms with Crippen LogP contribution in [0.5, 0.6) is 5.75 Å². The van der Waals surface area contributed by atoms with Crippen LogP contribution in [0.25, 0.3) is 0 Å². The zero-order valence-electron chi connectivity index (χ0n) is 11.5. The summed E-state index contributed by atoms with van der Waals surface area (Å²) in [7, 11) is -3.28. The molecular weight excluding hydrogens is 347 g/mol. The molecule has 0 aliphatic carbocycles. The van der Waals surface area contributed by atoms with Crippen LogP contribution < -0.4 is 4.74 Å². The first kappa shape index (κ1) is 16.8. The number of ketones is 1. The minimum atomic E-state index is -3.28. The Labute approximate surface area is 138 Å². The van der Waals surface area contributed by atoms with Crippen LogP contribution in [0.4, 0.5) is 0 Å². The largest absolute Gasteiger partial charge is 0.485 e. The first-order valence-corrected chi connectivity index (χ1v) is 8.83. The smallest absolute Gasteiger partial charge is 0.200 e. The third-order valence-electron chi connectivity index (χ3n) is 2.87. The highest BCUT2D eigenvalue weighted by Gasteiger charge is 2.11. The topological polar surface area (TPSA) is 60.4 Å². The molecule has 0 heterocycles. The van der Waals surface area contributed by atoms with Gasteiger partial charge < -0.3 is 4.74 Å². The highest BCUT2D eigenvalue weighted by atomic mass is 35.5. The van der Waals surface area contributed by atoms with Crippen LogP contribution in [-0.2, 0) is 9.84 Å². The second-order valence-electron chi connectivity index (χ2n) is 4.58. The maximum Gasteiger partial charge on any atom is 0.200 e. The second-order valence-corrected chi connectivity index (χ2v) is 7.41. The number of halogens is 2. The van der Waals surface area contributed by atoms with Gasteiger partial charge in [0.15, 0.2) is 22.2 Å². The van der Waals surface area contributed by atoms with Crippen LogP contribution in [0.1, 0.15) is 10.4 Å². The molecule has 0 unspecified atom stereocenters. The van der Waals surface area contributed by atoms with Crippen molar-refractivity contribution < 1.29 is 17.9 Å². The Hall–Kier alpha value is -1.56. The summed E-state index contributed by atoms with van der Waals surface area (Å²) >= 11 is 11.6. The van der Waals surface area contributed by atoms with Crippen molar-refractivity contribution in [1.82, 2.24) is 0 Å². The van der Waals surface area contributed by atoms with Gasteiger partial charge in [0.25, 0.3) is 0 Å². The number of carbonyl (C=O) groups excluding carboxylic acids is 1. The summed E-state index contributed by atoms with van der Waals surface area (Å²) in [5.74, 6) is 0.154. The predicted molar refractivity (Wildman–Crippen MR) is 85.8 cm³/mol. The molecule has 2 aromatic carbocycles. The Kier molecular flexibility index (Phi) is 5.11. The van der Waals surface area contributed by atoms with E-state index in [4.69, 9.17) is 27.9 Å². The van der Waals surface area contributed by atoms with Gasteiger partial charge in [-0.1, -0.05) is 23.2 Å². The molecule has 0 atom stereocenters.